The average Bonchev–Trinajstić information content (AvgIpc) is 3.23. The molecule has 7 heteroatoms. The minimum Gasteiger partial charge on any atom is -0.504 e. The van der Waals surface area contributed by atoms with Gasteiger partial charge in [0.2, 0.25) is 0 Å². The third kappa shape index (κ3) is 4.77. The van der Waals surface area contributed by atoms with Crippen LogP contribution in [0.4, 0.5) is 0 Å². The van der Waals surface area contributed by atoms with Gasteiger partial charge in [0.15, 0.2) is 17.5 Å². The Morgan fingerprint density at radius 1 is 1.39 bits per heavy atom. The molecule has 2 aromatic rings. The Hall–Kier alpha value is -2.70. The number of hydrogen-bond donors (Lipinski definition) is 2. The van der Waals surface area contributed by atoms with Crippen LogP contribution in [0.2, 0.25) is 0 Å². The molecule has 1 saturated heterocycles. The van der Waals surface area contributed by atoms with E-state index in [0.29, 0.717) is 30.9 Å². The van der Waals surface area contributed by atoms with E-state index in [0.717, 1.165) is 37.6 Å². The van der Waals surface area contributed by atoms with Gasteiger partial charge in [-0.05, 0) is 43.9 Å². The molecule has 0 radical (unpaired) electrons. The number of benzene rings is 1. The van der Waals surface area contributed by atoms with Gasteiger partial charge in [0.1, 0.15) is 0 Å². The molecule has 1 aromatic carbocycles. The third-order valence-electron chi connectivity index (χ3n) is 5.20. The molecule has 0 bridgehead atoms. The predicted octanol–water partition coefficient (Wildman–Crippen LogP) is 3.04. The van der Waals surface area contributed by atoms with Crippen molar-refractivity contribution < 1.29 is 9.84 Å². The summed E-state index contributed by atoms with van der Waals surface area (Å²) in [6.07, 6.45) is 6.90. The van der Waals surface area contributed by atoms with E-state index in [1.54, 1.807) is 6.07 Å². The summed E-state index contributed by atoms with van der Waals surface area (Å²) in [6.45, 7) is 10.1. The molecule has 0 aliphatic carbocycles. The van der Waals surface area contributed by atoms with E-state index in [9.17, 15) is 5.11 Å². The first kappa shape index (κ1) is 20.0. The van der Waals surface area contributed by atoms with E-state index < -0.39 is 0 Å². The molecule has 2 atom stereocenters. The largest absolute Gasteiger partial charge is 0.504 e. The molecule has 2 unspecified atom stereocenters. The SMILES string of the molecule is CCNC(=NCc1ccc(O)c(OCC)c1)N1CCC(C)C(n2ccnc2)C1. The van der Waals surface area contributed by atoms with Crippen LogP contribution >= 0.6 is 0 Å². The third-order valence-corrected chi connectivity index (χ3v) is 5.20. The molecule has 1 aromatic heterocycles. The fourth-order valence-corrected chi connectivity index (χ4v) is 3.61. The van der Waals surface area contributed by atoms with Gasteiger partial charge >= 0.3 is 0 Å². The topological polar surface area (TPSA) is 74.9 Å². The number of phenolic OH excluding ortho intramolecular Hbond substituents is 1. The van der Waals surface area contributed by atoms with Crippen molar-refractivity contribution in [3.05, 3.63) is 42.5 Å². The molecule has 2 N–H and O–H groups in total. The number of guanidine groups is 1. The Labute approximate surface area is 167 Å². The first-order chi connectivity index (χ1) is 13.6. The number of ether oxygens (including phenoxy) is 1. The van der Waals surface area contributed by atoms with Crippen LogP contribution in [0, 0.1) is 5.92 Å². The standard InChI is InChI=1S/C21H31N5O2/c1-4-23-21(24-13-17-6-7-19(27)20(12-17)28-5-2)25-10-8-16(3)18(14-25)26-11-9-22-15-26/h6-7,9,11-12,15-16,18,27H,4-5,8,10,13-14H2,1-3H3,(H,23,24). The maximum Gasteiger partial charge on any atom is 0.194 e. The lowest BCUT2D eigenvalue weighted by atomic mass is 9.93. The number of phenols is 1. The number of likely N-dealkylation sites (tertiary alicyclic amines) is 1. The number of hydrogen-bond acceptors (Lipinski definition) is 4. The van der Waals surface area contributed by atoms with Crippen LogP contribution < -0.4 is 10.1 Å². The molecule has 2 heterocycles. The summed E-state index contributed by atoms with van der Waals surface area (Å²) in [7, 11) is 0. The summed E-state index contributed by atoms with van der Waals surface area (Å²) in [5.41, 5.74) is 1.01. The summed E-state index contributed by atoms with van der Waals surface area (Å²) < 4.78 is 7.69. The minimum absolute atomic E-state index is 0.162. The number of nitrogens with one attached hydrogen (secondary N) is 1. The normalized spacial score (nSPS) is 20.2. The lowest BCUT2D eigenvalue weighted by molar-refractivity contribution is 0.189. The van der Waals surface area contributed by atoms with Gasteiger partial charge in [0.05, 0.1) is 25.5 Å². The van der Waals surface area contributed by atoms with Crippen molar-refractivity contribution >= 4 is 5.96 Å². The monoisotopic (exact) mass is 385 g/mol. The van der Waals surface area contributed by atoms with Gasteiger partial charge in [-0.1, -0.05) is 13.0 Å². The Morgan fingerprint density at radius 2 is 2.25 bits per heavy atom. The Kier molecular flexibility index (Phi) is 6.79. The summed E-state index contributed by atoms with van der Waals surface area (Å²) in [6, 6.07) is 5.80. The number of aliphatic imine (C=N–C) groups is 1. The zero-order valence-corrected chi connectivity index (χ0v) is 17.0. The number of nitrogens with zero attached hydrogens (tertiary/aromatic N) is 4. The Morgan fingerprint density at radius 3 is 2.96 bits per heavy atom. The molecule has 152 valence electrons. The molecule has 3 rings (SSSR count). The first-order valence-corrected chi connectivity index (χ1v) is 10.1. The van der Waals surface area contributed by atoms with E-state index in [1.807, 2.05) is 37.8 Å². The van der Waals surface area contributed by atoms with Crippen molar-refractivity contribution in [2.45, 2.75) is 39.8 Å². The van der Waals surface area contributed by atoms with E-state index in [1.165, 1.54) is 0 Å². The van der Waals surface area contributed by atoms with E-state index in [4.69, 9.17) is 9.73 Å². The van der Waals surface area contributed by atoms with Gasteiger partial charge < -0.3 is 24.6 Å². The molecule has 1 aliphatic heterocycles. The number of aromatic nitrogens is 2. The van der Waals surface area contributed by atoms with E-state index in [2.05, 4.69) is 33.6 Å². The summed E-state index contributed by atoms with van der Waals surface area (Å²) in [5, 5.41) is 13.3. The molecule has 0 spiro atoms. The average molecular weight is 386 g/mol. The molecule has 1 fully saturated rings. The lowest BCUT2D eigenvalue weighted by Gasteiger charge is -2.39. The van der Waals surface area contributed by atoms with Crippen molar-refractivity contribution in [2.75, 3.05) is 26.2 Å². The van der Waals surface area contributed by atoms with Gasteiger partial charge in [-0.15, -0.1) is 0 Å². The number of aromatic hydroxyl groups is 1. The molecule has 0 saturated carbocycles. The second kappa shape index (κ2) is 9.48. The smallest absolute Gasteiger partial charge is 0.194 e. The highest BCUT2D eigenvalue weighted by Gasteiger charge is 2.28. The maximum atomic E-state index is 9.89. The second-order valence-corrected chi connectivity index (χ2v) is 7.19. The number of rotatable bonds is 6. The van der Waals surface area contributed by atoms with Gasteiger partial charge in [0, 0.05) is 32.0 Å². The summed E-state index contributed by atoms with van der Waals surface area (Å²) in [5.74, 6) is 2.19. The number of piperidine rings is 1. The fraction of sp³-hybridized carbons (Fsp3) is 0.524. The molecular formula is C21H31N5O2. The summed E-state index contributed by atoms with van der Waals surface area (Å²) in [4.78, 5) is 11.4. The van der Waals surface area contributed by atoms with Crippen LogP contribution in [0.1, 0.15) is 38.8 Å². The van der Waals surface area contributed by atoms with E-state index >= 15 is 0 Å². The van der Waals surface area contributed by atoms with Crippen molar-refractivity contribution in [1.82, 2.24) is 19.8 Å². The van der Waals surface area contributed by atoms with Crippen LogP contribution in [-0.4, -0.2) is 51.8 Å². The fourth-order valence-electron chi connectivity index (χ4n) is 3.61. The van der Waals surface area contributed by atoms with Gasteiger partial charge in [-0.25, -0.2) is 9.98 Å². The maximum absolute atomic E-state index is 9.89. The highest BCUT2D eigenvalue weighted by atomic mass is 16.5. The number of imidazole rings is 1. The molecular weight excluding hydrogens is 354 g/mol. The van der Waals surface area contributed by atoms with Crippen molar-refractivity contribution in [3.63, 3.8) is 0 Å². The van der Waals surface area contributed by atoms with Gasteiger partial charge in [0.25, 0.3) is 0 Å². The van der Waals surface area contributed by atoms with E-state index in [-0.39, 0.29) is 5.75 Å². The summed E-state index contributed by atoms with van der Waals surface area (Å²) >= 11 is 0. The minimum atomic E-state index is 0.162. The molecule has 28 heavy (non-hydrogen) atoms. The molecule has 7 nitrogen and oxygen atoms in total. The molecule has 0 amide bonds. The van der Waals surface area contributed by atoms with Crippen LogP contribution in [0.3, 0.4) is 0 Å². The Bertz CT molecular complexity index is 775. The quantitative estimate of drug-likeness (QED) is 0.591. The first-order valence-electron chi connectivity index (χ1n) is 10.1. The van der Waals surface area contributed by atoms with Crippen molar-refractivity contribution in [1.29, 1.82) is 0 Å². The van der Waals surface area contributed by atoms with Crippen molar-refractivity contribution in [2.24, 2.45) is 10.9 Å². The predicted molar refractivity (Wildman–Crippen MR) is 111 cm³/mol. The van der Waals surface area contributed by atoms with Crippen LogP contribution in [0.15, 0.2) is 41.9 Å². The molecule has 1 aliphatic rings. The second-order valence-electron chi connectivity index (χ2n) is 7.19. The zero-order valence-electron chi connectivity index (χ0n) is 17.0. The highest BCUT2D eigenvalue weighted by Crippen LogP contribution is 2.28. The van der Waals surface area contributed by atoms with Crippen LogP contribution in [0.25, 0.3) is 0 Å². The lowest BCUT2D eigenvalue weighted by Crippen LogP contribution is -2.49. The van der Waals surface area contributed by atoms with Crippen molar-refractivity contribution in [3.8, 4) is 11.5 Å². The highest BCUT2D eigenvalue weighted by molar-refractivity contribution is 5.80. The zero-order chi connectivity index (χ0) is 19.9. The van der Waals surface area contributed by atoms with Gasteiger partial charge in [-0.2, -0.15) is 0 Å². The van der Waals surface area contributed by atoms with Crippen LogP contribution in [0.5, 0.6) is 11.5 Å². The van der Waals surface area contributed by atoms with Crippen LogP contribution in [-0.2, 0) is 6.54 Å². The Balaban J connectivity index is 1.74. The van der Waals surface area contributed by atoms with Gasteiger partial charge in [-0.3, -0.25) is 0 Å².